The molecule has 1 aliphatic carbocycles. The van der Waals surface area contributed by atoms with Crippen molar-refractivity contribution in [1.29, 1.82) is 0 Å². The number of hydrogen-bond acceptors (Lipinski definition) is 4. The Morgan fingerprint density at radius 2 is 2.13 bits per heavy atom. The van der Waals surface area contributed by atoms with Crippen LogP contribution >= 0.6 is 22.7 Å². The van der Waals surface area contributed by atoms with Crippen LogP contribution in [-0.2, 0) is 13.0 Å². The van der Waals surface area contributed by atoms with Gasteiger partial charge in [-0.3, -0.25) is 4.90 Å². The zero-order valence-corrected chi connectivity index (χ0v) is 14.9. The van der Waals surface area contributed by atoms with Crippen LogP contribution in [0.5, 0.6) is 0 Å². The molecule has 0 saturated carbocycles. The second kappa shape index (κ2) is 6.56. The molecule has 0 fully saturated rings. The number of rotatable bonds is 4. The van der Waals surface area contributed by atoms with E-state index in [2.05, 4.69) is 58.4 Å². The van der Waals surface area contributed by atoms with E-state index in [0.717, 1.165) is 11.6 Å². The van der Waals surface area contributed by atoms with Gasteiger partial charge in [0.1, 0.15) is 5.01 Å². The van der Waals surface area contributed by atoms with Crippen molar-refractivity contribution in [2.75, 3.05) is 7.05 Å². The molecule has 0 radical (unpaired) electrons. The molecule has 0 spiro atoms. The first-order valence-corrected chi connectivity index (χ1v) is 9.88. The molecule has 1 aromatic carbocycles. The highest BCUT2D eigenvalue weighted by Crippen LogP contribution is 2.34. The van der Waals surface area contributed by atoms with Crippen molar-refractivity contribution >= 4 is 22.7 Å². The number of aromatic nitrogens is 1. The number of benzene rings is 1. The summed E-state index contributed by atoms with van der Waals surface area (Å²) in [5.41, 5.74) is 5.46. The van der Waals surface area contributed by atoms with E-state index in [1.807, 2.05) is 0 Å². The van der Waals surface area contributed by atoms with Gasteiger partial charge in [0.2, 0.25) is 0 Å². The second-order valence-electron chi connectivity index (χ2n) is 6.18. The van der Waals surface area contributed by atoms with E-state index in [-0.39, 0.29) is 0 Å². The highest BCUT2D eigenvalue weighted by molar-refractivity contribution is 7.14. The van der Waals surface area contributed by atoms with Crippen molar-refractivity contribution in [1.82, 2.24) is 9.88 Å². The minimum atomic E-state index is 0.520. The van der Waals surface area contributed by atoms with Crippen molar-refractivity contribution in [3.05, 3.63) is 63.3 Å². The zero-order valence-electron chi connectivity index (χ0n) is 13.2. The zero-order chi connectivity index (χ0) is 15.6. The molecule has 3 aromatic rings. The van der Waals surface area contributed by atoms with Crippen molar-refractivity contribution in [3.63, 3.8) is 0 Å². The van der Waals surface area contributed by atoms with Gasteiger partial charge in [0.05, 0.1) is 5.69 Å². The van der Waals surface area contributed by atoms with Gasteiger partial charge in [-0.2, -0.15) is 11.3 Å². The van der Waals surface area contributed by atoms with E-state index >= 15 is 0 Å². The maximum Gasteiger partial charge on any atom is 0.124 e. The summed E-state index contributed by atoms with van der Waals surface area (Å²) in [6.45, 7) is 0.916. The van der Waals surface area contributed by atoms with Crippen LogP contribution in [0.25, 0.3) is 10.6 Å². The molecule has 0 saturated heterocycles. The van der Waals surface area contributed by atoms with Gasteiger partial charge in [0, 0.05) is 28.9 Å². The Labute approximate surface area is 145 Å². The molecule has 2 aromatic heterocycles. The summed E-state index contributed by atoms with van der Waals surface area (Å²) in [7, 11) is 2.23. The Balaban J connectivity index is 1.52. The predicted octanol–water partition coefficient (Wildman–Crippen LogP) is 5.38. The molecule has 1 unspecified atom stereocenters. The Hall–Kier alpha value is -1.49. The number of hydrogen-bond donors (Lipinski definition) is 0. The second-order valence-corrected chi connectivity index (χ2v) is 7.82. The van der Waals surface area contributed by atoms with Crippen LogP contribution in [0.3, 0.4) is 0 Å². The van der Waals surface area contributed by atoms with Gasteiger partial charge in [0.25, 0.3) is 0 Å². The number of aryl methyl sites for hydroxylation is 1. The smallest absolute Gasteiger partial charge is 0.124 e. The van der Waals surface area contributed by atoms with E-state index < -0.39 is 0 Å². The van der Waals surface area contributed by atoms with Crippen LogP contribution in [0.1, 0.15) is 35.7 Å². The van der Waals surface area contributed by atoms with E-state index in [9.17, 15) is 0 Å². The fraction of sp³-hybridized carbons (Fsp3) is 0.316. The summed E-state index contributed by atoms with van der Waals surface area (Å²) in [6, 6.07) is 11.6. The normalized spacial score (nSPS) is 17.4. The Morgan fingerprint density at radius 3 is 3.00 bits per heavy atom. The molecule has 2 nitrogen and oxygen atoms in total. The van der Waals surface area contributed by atoms with Gasteiger partial charge in [-0.25, -0.2) is 4.98 Å². The molecule has 4 rings (SSSR count). The number of thiazole rings is 1. The topological polar surface area (TPSA) is 16.1 Å². The first-order valence-electron chi connectivity index (χ1n) is 8.06. The van der Waals surface area contributed by atoms with Crippen molar-refractivity contribution in [2.45, 2.75) is 31.8 Å². The lowest BCUT2D eigenvalue weighted by molar-refractivity contribution is 0.211. The van der Waals surface area contributed by atoms with Crippen LogP contribution in [0.15, 0.2) is 46.5 Å². The first kappa shape index (κ1) is 15.1. The Kier molecular flexibility index (Phi) is 4.29. The molecule has 4 heteroatoms. The van der Waals surface area contributed by atoms with Crippen LogP contribution in [0.4, 0.5) is 0 Å². The summed E-state index contributed by atoms with van der Waals surface area (Å²) in [4.78, 5) is 7.29. The van der Waals surface area contributed by atoms with Gasteiger partial charge in [0.15, 0.2) is 0 Å². The third-order valence-corrected chi connectivity index (χ3v) is 6.22. The molecule has 0 bridgehead atoms. The maximum atomic E-state index is 4.83. The molecule has 0 N–H and O–H groups in total. The van der Waals surface area contributed by atoms with Crippen LogP contribution in [0.2, 0.25) is 0 Å². The molecule has 1 aliphatic rings. The van der Waals surface area contributed by atoms with E-state index in [1.165, 1.54) is 41.6 Å². The van der Waals surface area contributed by atoms with Gasteiger partial charge < -0.3 is 0 Å². The molecule has 2 heterocycles. The van der Waals surface area contributed by atoms with E-state index in [0.29, 0.717) is 6.04 Å². The monoisotopic (exact) mass is 340 g/mol. The lowest BCUT2D eigenvalue weighted by Crippen LogP contribution is -2.27. The number of thiophene rings is 1. The van der Waals surface area contributed by atoms with Crippen LogP contribution in [-0.4, -0.2) is 16.9 Å². The summed E-state index contributed by atoms with van der Waals surface area (Å²) in [6.07, 6.45) is 3.75. The van der Waals surface area contributed by atoms with Gasteiger partial charge in [-0.1, -0.05) is 24.3 Å². The van der Waals surface area contributed by atoms with Crippen molar-refractivity contribution < 1.29 is 0 Å². The molecule has 0 amide bonds. The third-order valence-electron chi connectivity index (χ3n) is 4.60. The highest BCUT2D eigenvalue weighted by atomic mass is 32.1. The van der Waals surface area contributed by atoms with Crippen molar-refractivity contribution in [3.8, 4) is 10.6 Å². The minimum Gasteiger partial charge on any atom is -0.294 e. The average Bonchev–Trinajstić information content (AvgIpc) is 3.25. The Morgan fingerprint density at radius 1 is 1.22 bits per heavy atom. The molecule has 118 valence electrons. The fourth-order valence-electron chi connectivity index (χ4n) is 3.45. The molecular weight excluding hydrogens is 320 g/mol. The van der Waals surface area contributed by atoms with Gasteiger partial charge in [-0.05, 0) is 48.9 Å². The summed E-state index contributed by atoms with van der Waals surface area (Å²) in [5, 5.41) is 7.63. The van der Waals surface area contributed by atoms with Gasteiger partial charge in [-0.15, -0.1) is 11.3 Å². The van der Waals surface area contributed by atoms with Crippen LogP contribution < -0.4 is 0 Å². The molecular formula is C19H20N2S2. The predicted molar refractivity (Wildman–Crippen MR) is 99.0 cm³/mol. The molecule has 1 atom stereocenters. The quantitative estimate of drug-likeness (QED) is 0.634. The summed E-state index contributed by atoms with van der Waals surface area (Å²) in [5.74, 6) is 0. The molecule has 0 aliphatic heterocycles. The minimum absolute atomic E-state index is 0.520. The number of fused-ring (bicyclic) bond motifs is 1. The van der Waals surface area contributed by atoms with Gasteiger partial charge >= 0.3 is 0 Å². The summed E-state index contributed by atoms with van der Waals surface area (Å²) < 4.78 is 0. The SMILES string of the molecule is CN(Cc1csc(-c2ccsc2)n1)C1CCCc2ccccc21. The number of nitrogens with zero attached hydrogens (tertiary/aromatic N) is 2. The Bertz CT molecular complexity index is 776. The average molecular weight is 341 g/mol. The lowest BCUT2D eigenvalue weighted by atomic mass is 9.87. The van der Waals surface area contributed by atoms with E-state index in [1.54, 1.807) is 22.7 Å². The maximum absolute atomic E-state index is 4.83. The standard InChI is InChI=1S/C19H20N2S2/c1-21(18-8-4-6-14-5-2-3-7-17(14)18)11-16-13-23-19(20-16)15-9-10-22-12-15/h2-3,5,7,9-10,12-13,18H,4,6,8,11H2,1H3. The third kappa shape index (κ3) is 3.11. The largest absolute Gasteiger partial charge is 0.294 e. The van der Waals surface area contributed by atoms with Crippen LogP contribution in [0, 0.1) is 0 Å². The summed E-state index contributed by atoms with van der Waals surface area (Å²) >= 11 is 3.48. The lowest BCUT2D eigenvalue weighted by Gasteiger charge is -2.32. The molecule has 23 heavy (non-hydrogen) atoms. The first-order chi connectivity index (χ1) is 11.3. The highest BCUT2D eigenvalue weighted by Gasteiger charge is 2.23. The fourth-order valence-corrected chi connectivity index (χ4v) is 4.97. The van der Waals surface area contributed by atoms with Crippen molar-refractivity contribution in [2.24, 2.45) is 0 Å². The van der Waals surface area contributed by atoms with E-state index in [4.69, 9.17) is 4.98 Å².